The number of thiophene rings is 1. The molecule has 0 saturated carbocycles. The molecule has 1 aromatic heterocycles. The number of hydrogen-bond acceptors (Lipinski definition) is 2. The highest BCUT2D eigenvalue weighted by Gasteiger charge is 2.13. The van der Waals surface area contributed by atoms with Gasteiger partial charge in [0.05, 0.1) is 0 Å². The van der Waals surface area contributed by atoms with Gasteiger partial charge >= 0.3 is 0 Å². The molecule has 2 aromatic rings. The second kappa shape index (κ2) is 8.72. The zero-order chi connectivity index (χ0) is 15.1. The molecule has 1 nitrogen and oxygen atoms in total. The van der Waals surface area contributed by atoms with Gasteiger partial charge in [-0.1, -0.05) is 54.0 Å². The Morgan fingerprint density at radius 1 is 1.05 bits per heavy atom. The first-order valence-electron chi connectivity index (χ1n) is 7.61. The van der Waals surface area contributed by atoms with Gasteiger partial charge in [0.25, 0.3) is 0 Å². The molecule has 1 atom stereocenters. The van der Waals surface area contributed by atoms with Crippen molar-refractivity contribution in [3.63, 3.8) is 0 Å². The first-order valence-corrected chi connectivity index (χ1v) is 9.29. The minimum absolute atomic E-state index is 0.640. The van der Waals surface area contributed by atoms with Crippen LogP contribution in [0.3, 0.4) is 0 Å². The molecule has 0 aliphatic heterocycles. The average molecular weight is 366 g/mol. The van der Waals surface area contributed by atoms with Crippen LogP contribution < -0.4 is 5.32 Å². The molecule has 0 saturated heterocycles. The Morgan fingerprint density at radius 2 is 1.86 bits per heavy atom. The van der Waals surface area contributed by atoms with Crippen LogP contribution in [-0.2, 0) is 12.8 Å². The van der Waals surface area contributed by atoms with Crippen LogP contribution in [-0.4, -0.2) is 13.1 Å². The van der Waals surface area contributed by atoms with E-state index in [1.807, 2.05) is 11.3 Å². The van der Waals surface area contributed by atoms with Crippen molar-refractivity contribution in [2.75, 3.05) is 13.1 Å². The molecule has 0 bridgehead atoms. The van der Waals surface area contributed by atoms with Gasteiger partial charge in [0.1, 0.15) is 0 Å². The molecule has 1 N–H and O–H groups in total. The third-order valence-corrected chi connectivity index (χ3v) is 5.19. The summed E-state index contributed by atoms with van der Waals surface area (Å²) in [6.07, 6.45) is 2.27. The minimum Gasteiger partial charge on any atom is -0.316 e. The monoisotopic (exact) mass is 365 g/mol. The van der Waals surface area contributed by atoms with E-state index >= 15 is 0 Å². The van der Waals surface area contributed by atoms with Crippen molar-refractivity contribution >= 4 is 27.3 Å². The van der Waals surface area contributed by atoms with Crippen LogP contribution in [0.4, 0.5) is 0 Å². The highest BCUT2D eigenvalue weighted by Crippen LogP contribution is 2.22. The van der Waals surface area contributed by atoms with Gasteiger partial charge in [-0.2, -0.15) is 0 Å². The second-order valence-electron chi connectivity index (χ2n) is 6.00. The summed E-state index contributed by atoms with van der Waals surface area (Å²) in [5, 5.41) is 5.80. The van der Waals surface area contributed by atoms with Crippen LogP contribution in [0.1, 0.15) is 24.3 Å². The fourth-order valence-electron chi connectivity index (χ4n) is 2.48. The summed E-state index contributed by atoms with van der Waals surface area (Å²) in [5.41, 5.74) is 1.41. The lowest BCUT2D eigenvalue weighted by Gasteiger charge is -2.19. The van der Waals surface area contributed by atoms with Gasteiger partial charge in [-0.15, -0.1) is 11.3 Å². The first kappa shape index (κ1) is 16.7. The van der Waals surface area contributed by atoms with Crippen LogP contribution in [0.15, 0.2) is 46.3 Å². The fraction of sp³-hybridized carbons (Fsp3) is 0.444. The predicted molar refractivity (Wildman–Crippen MR) is 97.1 cm³/mol. The van der Waals surface area contributed by atoms with Crippen molar-refractivity contribution in [2.45, 2.75) is 26.7 Å². The van der Waals surface area contributed by atoms with Crippen molar-refractivity contribution in [2.24, 2.45) is 11.8 Å². The number of halogens is 1. The molecule has 0 aliphatic rings. The highest BCUT2D eigenvalue weighted by molar-refractivity contribution is 9.10. The lowest BCUT2D eigenvalue weighted by molar-refractivity contribution is 0.447. The molecule has 2 rings (SSSR count). The summed E-state index contributed by atoms with van der Waals surface area (Å²) >= 11 is 5.54. The molecule has 0 aliphatic carbocycles. The Kier molecular flexibility index (Phi) is 6.94. The molecular weight excluding hydrogens is 342 g/mol. The SMILES string of the molecule is CC(C)CNCC(Cc1cccs1)Cc1ccccc1Br. The van der Waals surface area contributed by atoms with Gasteiger partial charge < -0.3 is 5.32 Å². The summed E-state index contributed by atoms with van der Waals surface area (Å²) in [7, 11) is 0. The van der Waals surface area contributed by atoms with E-state index in [0.717, 1.165) is 25.9 Å². The molecule has 1 heterocycles. The van der Waals surface area contributed by atoms with E-state index in [2.05, 4.69) is 76.9 Å². The maximum absolute atomic E-state index is 3.68. The summed E-state index contributed by atoms with van der Waals surface area (Å²) in [6.45, 7) is 6.69. The maximum atomic E-state index is 3.68. The molecule has 0 fully saturated rings. The molecule has 0 amide bonds. The zero-order valence-corrected chi connectivity index (χ0v) is 15.2. The summed E-state index contributed by atoms with van der Waals surface area (Å²) in [4.78, 5) is 1.48. The van der Waals surface area contributed by atoms with Crippen molar-refractivity contribution in [1.82, 2.24) is 5.32 Å². The van der Waals surface area contributed by atoms with Crippen molar-refractivity contribution in [1.29, 1.82) is 0 Å². The Hall–Kier alpha value is -0.640. The Labute approximate surface area is 140 Å². The van der Waals surface area contributed by atoms with E-state index in [0.29, 0.717) is 11.8 Å². The third-order valence-electron chi connectivity index (χ3n) is 3.52. The van der Waals surface area contributed by atoms with Gasteiger partial charge in [0.15, 0.2) is 0 Å². The van der Waals surface area contributed by atoms with Crippen molar-refractivity contribution in [3.05, 3.63) is 56.7 Å². The Bertz CT molecular complexity index is 522. The van der Waals surface area contributed by atoms with E-state index in [4.69, 9.17) is 0 Å². The Morgan fingerprint density at radius 3 is 2.52 bits per heavy atom. The van der Waals surface area contributed by atoms with Crippen LogP contribution in [0, 0.1) is 11.8 Å². The zero-order valence-electron chi connectivity index (χ0n) is 12.8. The van der Waals surface area contributed by atoms with E-state index in [-0.39, 0.29) is 0 Å². The summed E-state index contributed by atoms with van der Waals surface area (Å²) < 4.78 is 1.23. The smallest absolute Gasteiger partial charge is 0.0207 e. The molecule has 0 radical (unpaired) electrons. The largest absolute Gasteiger partial charge is 0.316 e. The van der Waals surface area contributed by atoms with Crippen LogP contribution in [0.25, 0.3) is 0 Å². The number of benzene rings is 1. The molecular formula is C18H24BrNS. The molecule has 114 valence electrons. The van der Waals surface area contributed by atoms with Crippen LogP contribution in [0.5, 0.6) is 0 Å². The molecule has 1 aromatic carbocycles. The fourth-order valence-corrected chi connectivity index (χ4v) is 3.75. The van der Waals surface area contributed by atoms with Gasteiger partial charge in [-0.05, 0) is 60.8 Å². The van der Waals surface area contributed by atoms with E-state index in [1.54, 1.807) is 0 Å². The van der Waals surface area contributed by atoms with Gasteiger partial charge in [0.2, 0.25) is 0 Å². The third kappa shape index (κ3) is 5.93. The lowest BCUT2D eigenvalue weighted by Crippen LogP contribution is -2.28. The predicted octanol–water partition coefficient (Wildman–Crippen LogP) is 5.16. The topological polar surface area (TPSA) is 12.0 Å². The number of hydrogen-bond donors (Lipinski definition) is 1. The van der Waals surface area contributed by atoms with Gasteiger partial charge in [-0.25, -0.2) is 0 Å². The highest BCUT2D eigenvalue weighted by atomic mass is 79.9. The molecule has 3 heteroatoms. The van der Waals surface area contributed by atoms with Crippen molar-refractivity contribution in [3.8, 4) is 0 Å². The van der Waals surface area contributed by atoms with Crippen LogP contribution in [0.2, 0.25) is 0 Å². The molecule has 1 unspecified atom stereocenters. The maximum Gasteiger partial charge on any atom is 0.0207 e. The Balaban J connectivity index is 1.98. The van der Waals surface area contributed by atoms with E-state index < -0.39 is 0 Å². The normalized spacial score (nSPS) is 12.8. The number of nitrogens with one attached hydrogen (secondary N) is 1. The molecule has 0 spiro atoms. The van der Waals surface area contributed by atoms with E-state index in [9.17, 15) is 0 Å². The standard InChI is InChI=1S/C18H24BrNS/c1-14(2)12-20-13-15(11-17-7-5-9-21-17)10-16-6-3-4-8-18(16)19/h3-9,14-15,20H,10-13H2,1-2H3. The summed E-state index contributed by atoms with van der Waals surface area (Å²) in [6, 6.07) is 13.0. The van der Waals surface area contributed by atoms with E-state index in [1.165, 1.54) is 14.9 Å². The molecule has 21 heavy (non-hydrogen) atoms. The van der Waals surface area contributed by atoms with Crippen LogP contribution >= 0.6 is 27.3 Å². The number of rotatable bonds is 8. The van der Waals surface area contributed by atoms with Gasteiger partial charge in [0, 0.05) is 9.35 Å². The summed E-state index contributed by atoms with van der Waals surface area (Å²) in [5.74, 6) is 1.34. The first-order chi connectivity index (χ1) is 10.1. The second-order valence-corrected chi connectivity index (χ2v) is 7.88. The average Bonchev–Trinajstić information content (AvgIpc) is 2.93. The minimum atomic E-state index is 0.640. The lowest BCUT2D eigenvalue weighted by atomic mass is 9.95. The van der Waals surface area contributed by atoms with Gasteiger partial charge in [-0.3, -0.25) is 0 Å². The quantitative estimate of drug-likeness (QED) is 0.681. The van der Waals surface area contributed by atoms with Crippen molar-refractivity contribution < 1.29 is 0 Å².